The highest BCUT2D eigenvalue weighted by atomic mass is 16.1. The average molecular weight is 351 g/mol. The fraction of sp³-hybridized carbons (Fsp3) is 0.333. The number of benzene rings is 3. The molecule has 0 aromatic heterocycles. The quantitative estimate of drug-likeness (QED) is 0.376. The number of carbonyl (C=O) groups excluding carboxylic acids is 2. The van der Waals surface area contributed by atoms with Gasteiger partial charge in [-0.05, 0) is 45.5 Å². The molecular formula is C24H30O2. The number of hydrogen-bond donors (Lipinski definition) is 0. The van der Waals surface area contributed by atoms with E-state index in [1.807, 2.05) is 77.9 Å². The minimum Gasteiger partial charge on any atom is -0.298 e. The topological polar surface area (TPSA) is 34.1 Å². The maximum Gasteiger partial charge on any atom is 0.150 e. The molecule has 0 saturated carbocycles. The standard InChI is InChI=1S/C18H12O2.3C2H6/c19-9-13-3-1-11-5-7-16-14(10-20)4-2-12-6-8-15(13)17(11)18(12)16;3*1-2/h1-5,7,9-10H,6,8H2;3*1-2H3. The number of carbonyl (C=O) groups is 2. The van der Waals surface area contributed by atoms with Crippen molar-refractivity contribution in [3.8, 4) is 0 Å². The third kappa shape index (κ3) is 3.70. The molecule has 0 radical (unpaired) electrons. The van der Waals surface area contributed by atoms with Gasteiger partial charge < -0.3 is 0 Å². The Morgan fingerprint density at radius 1 is 0.654 bits per heavy atom. The van der Waals surface area contributed by atoms with E-state index in [9.17, 15) is 9.59 Å². The second kappa shape index (κ2) is 10.5. The smallest absolute Gasteiger partial charge is 0.150 e. The van der Waals surface area contributed by atoms with Gasteiger partial charge in [0.25, 0.3) is 0 Å². The highest BCUT2D eigenvalue weighted by Gasteiger charge is 2.18. The Hall–Kier alpha value is -2.48. The molecule has 0 saturated heterocycles. The van der Waals surface area contributed by atoms with Crippen LogP contribution in [0.3, 0.4) is 0 Å². The summed E-state index contributed by atoms with van der Waals surface area (Å²) >= 11 is 0. The summed E-state index contributed by atoms with van der Waals surface area (Å²) in [5.74, 6) is 0. The van der Waals surface area contributed by atoms with Crippen molar-refractivity contribution in [3.05, 3.63) is 58.7 Å². The van der Waals surface area contributed by atoms with Crippen LogP contribution in [0, 0.1) is 0 Å². The molecule has 2 heteroatoms. The Kier molecular flexibility index (Phi) is 8.71. The summed E-state index contributed by atoms with van der Waals surface area (Å²) < 4.78 is 0. The molecule has 138 valence electrons. The summed E-state index contributed by atoms with van der Waals surface area (Å²) in [5.41, 5.74) is 3.88. The van der Waals surface area contributed by atoms with E-state index in [0.29, 0.717) is 0 Å². The number of hydrogen-bond acceptors (Lipinski definition) is 2. The van der Waals surface area contributed by atoms with Crippen molar-refractivity contribution < 1.29 is 9.59 Å². The summed E-state index contributed by atoms with van der Waals surface area (Å²) in [7, 11) is 0. The maximum atomic E-state index is 11.3. The minimum absolute atomic E-state index is 0.718. The van der Waals surface area contributed by atoms with Gasteiger partial charge in [-0.25, -0.2) is 0 Å². The van der Waals surface area contributed by atoms with Crippen molar-refractivity contribution in [2.24, 2.45) is 0 Å². The van der Waals surface area contributed by atoms with Gasteiger partial charge in [-0.1, -0.05) is 77.9 Å². The van der Waals surface area contributed by atoms with Crippen molar-refractivity contribution in [1.29, 1.82) is 0 Å². The SMILES string of the molecule is CC.CC.CC.O=Cc1ccc2ccc3c(C=O)ccc4c3c2c1CC4. The first-order valence-corrected chi connectivity index (χ1v) is 9.74. The number of rotatable bonds is 2. The van der Waals surface area contributed by atoms with Crippen LogP contribution in [0.25, 0.3) is 21.5 Å². The van der Waals surface area contributed by atoms with Crippen LogP contribution in [0.5, 0.6) is 0 Å². The van der Waals surface area contributed by atoms with Gasteiger partial charge in [0.15, 0.2) is 6.29 Å². The molecule has 0 fully saturated rings. The molecule has 0 aliphatic heterocycles. The van der Waals surface area contributed by atoms with Gasteiger partial charge in [0, 0.05) is 11.1 Å². The van der Waals surface area contributed by atoms with Gasteiger partial charge in [0.2, 0.25) is 0 Å². The van der Waals surface area contributed by atoms with Crippen LogP contribution in [0.4, 0.5) is 0 Å². The van der Waals surface area contributed by atoms with Crippen LogP contribution in [0.1, 0.15) is 73.4 Å². The molecule has 26 heavy (non-hydrogen) atoms. The highest BCUT2D eigenvalue weighted by Crippen LogP contribution is 2.37. The molecule has 0 spiro atoms. The Morgan fingerprint density at radius 3 is 1.85 bits per heavy atom. The summed E-state index contributed by atoms with van der Waals surface area (Å²) in [4.78, 5) is 22.5. The molecule has 3 aromatic rings. The third-order valence-corrected chi connectivity index (χ3v) is 4.32. The molecule has 0 unspecified atom stereocenters. The van der Waals surface area contributed by atoms with E-state index >= 15 is 0 Å². The van der Waals surface area contributed by atoms with E-state index in [1.54, 1.807) is 0 Å². The lowest BCUT2D eigenvalue weighted by Gasteiger charge is -2.20. The summed E-state index contributed by atoms with van der Waals surface area (Å²) in [6, 6.07) is 11.9. The molecule has 1 aliphatic carbocycles. The average Bonchev–Trinajstić information content (AvgIpc) is 2.76. The summed E-state index contributed by atoms with van der Waals surface area (Å²) in [5, 5.41) is 4.44. The van der Waals surface area contributed by atoms with Crippen LogP contribution in [-0.4, -0.2) is 12.6 Å². The molecule has 0 atom stereocenters. The number of aldehydes is 2. The summed E-state index contributed by atoms with van der Waals surface area (Å²) in [6.45, 7) is 12.0. The molecule has 0 amide bonds. The lowest BCUT2D eigenvalue weighted by molar-refractivity contribution is 0.111. The van der Waals surface area contributed by atoms with Gasteiger partial charge in [-0.3, -0.25) is 9.59 Å². The van der Waals surface area contributed by atoms with Gasteiger partial charge in [0.05, 0.1) is 0 Å². The zero-order valence-electron chi connectivity index (χ0n) is 16.8. The highest BCUT2D eigenvalue weighted by molar-refractivity contribution is 6.16. The third-order valence-electron chi connectivity index (χ3n) is 4.32. The first-order chi connectivity index (χ1) is 12.8. The first kappa shape index (κ1) is 21.6. The molecule has 1 aliphatic rings. The molecule has 3 aromatic carbocycles. The van der Waals surface area contributed by atoms with Crippen LogP contribution in [0.2, 0.25) is 0 Å². The Balaban J connectivity index is 0.000000515. The maximum absolute atomic E-state index is 11.3. The molecule has 0 bridgehead atoms. The summed E-state index contributed by atoms with van der Waals surface area (Å²) in [6.07, 6.45) is 3.65. The van der Waals surface area contributed by atoms with E-state index in [0.717, 1.165) is 63.6 Å². The second-order valence-corrected chi connectivity index (χ2v) is 5.27. The van der Waals surface area contributed by atoms with Crippen LogP contribution < -0.4 is 0 Å². The van der Waals surface area contributed by atoms with Crippen molar-refractivity contribution in [2.45, 2.75) is 54.4 Å². The number of aryl methyl sites for hydroxylation is 2. The zero-order valence-corrected chi connectivity index (χ0v) is 16.8. The van der Waals surface area contributed by atoms with Crippen molar-refractivity contribution >= 4 is 34.1 Å². The van der Waals surface area contributed by atoms with E-state index in [4.69, 9.17) is 0 Å². The molecular weight excluding hydrogens is 320 g/mol. The van der Waals surface area contributed by atoms with E-state index in [2.05, 4.69) is 0 Å². The Morgan fingerprint density at radius 2 is 1.23 bits per heavy atom. The predicted octanol–water partition coefficient (Wildman–Crippen LogP) is 6.80. The molecule has 0 N–H and O–H groups in total. The van der Waals surface area contributed by atoms with E-state index in [1.165, 1.54) is 5.56 Å². The predicted molar refractivity (Wildman–Crippen MR) is 114 cm³/mol. The van der Waals surface area contributed by atoms with E-state index in [-0.39, 0.29) is 0 Å². The van der Waals surface area contributed by atoms with Gasteiger partial charge in [-0.15, -0.1) is 0 Å². The van der Waals surface area contributed by atoms with Gasteiger partial charge >= 0.3 is 0 Å². The molecule has 4 rings (SSSR count). The molecule has 2 nitrogen and oxygen atoms in total. The Bertz CT molecular complexity index is 892. The lowest BCUT2D eigenvalue weighted by Crippen LogP contribution is -2.05. The second-order valence-electron chi connectivity index (χ2n) is 5.27. The Labute approximate surface area is 157 Å². The van der Waals surface area contributed by atoms with Crippen LogP contribution in [-0.2, 0) is 12.8 Å². The van der Waals surface area contributed by atoms with Gasteiger partial charge in [0.1, 0.15) is 6.29 Å². The van der Waals surface area contributed by atoms with Crippen molar-refractivity contribution in [3.63, 3.8) is 0 Å². The minimum atomic E-state index is 0.718. The van der Waals surface area contributed by atoms with Crippen molar-refractivity contribution in [1.82, 2.24) is 0 Å². The fourth-order valence-corrected chi connectivity index (χ4v) is 3.40. The first-order valence-electron chi connectivity index (χ1n) is 9.74. The van der Waals surface area contributed by atoms with Crippen LogP contribution >= 0.6 is 0 Å². The zero-order chi connectivity index (χ0) is 19.7. The molecule has 0 heterocycles. The fourth-order valence-electron chi connectivity index (χ4n) is 3.40. The lowest BCUT2D eigenvalue weighted by atomic mass is 9.83. The van der Waals surface area contributed by atoms with Crippen molar-refractivity contribution in [2.75, 3.05) is 0 Å². The largest absolute Gasteiger partial charge is 0.298 e. The van der Waals surface area contributed by atoms with Gasteiger partial charge in [-0.2, -0.15) is 0 Å². The normalized spacial score (nSPS) is 10.7. The monoisotopic (exact) mass is 350 g/mol. The van der Waals surface area contributed by atoms with E-state index < -0.39 is 0 Å². The van der Waals surface area contributed by atoms with Crippen LogP contribution in [0.15, 0.2) is 36.4 Å².